The molecule has 0 spiro atoms. The Morgan fingerprint density at radius 1 is 1.39 bits per heavy atom. The Balaban J connectivity index is 1.62. The molecule has 3 aromatic rings. The van der Waals surface area contributed by atoms with E-state index < -0.39 is 0 Å². The topological polar surface area (TPSA) is 88.5 Å². The second kappa shape index (κ2) is 6.32. The minimum atomic E-state index is -0.136. The Morgan fingerprint density at radius 3 is 3.09 bits per heavy atom. The number of fused-ring (bicyclic) bond motifs is 1. The molecule has 2 aromatic heterocycles. The van der Waals surface area contributed by atoms with E-state index in [9.17, 15) is 4.79 Å². The molecule has 0 radical (unpaired) electrons. The van der Waals surface area contributed by atoms with Crippen molar-refractivity contribution in [3.05, 3.63) is 42.2 Å². The Labute approximate surface area is 133 Å². The van der Waals surface area contributed by atoms with Crippen LogP contribution in [-0.4, -0.2) is 25.5 Å². The van der Waals surface area contributed by atoms with E-state index >= 15 is 0 Å². The summed E-state index contributed by atoms with van der Waals surface area (Å²) in [5.74, 6) is 0.315. The molecule has 0 aliphatic heterocycles. The van der Waals surface area contributed by atoms with Gasteiger partial charge in [-0.1, -0.05) is 12.1 Å². The average molecular weight is 308 g/mol. The lowest BCUT2D eigenvalue weighted by molar-refractivity contribution is -0.116. The second-order valence-corrected chi connectivity index (χ2v) is 5.23. The number of hydrogen-bond acceptors (Lipinski definition) is 4. The maximum atomic E-state index is 12.0. The van der Waals surface area contributed by atoms with E-state index in [1.807, 2.05) is 42.1 Å². The third-order valence-electron chi connectivity index (χ3n) is 3.60. The molecule has 3 rings (SSSR count). The lowest BCUT2D eigenvalue weighted by atomic mass is 10.1. The summed E-state index contributed by atoms with van der Waals surface area (Å²) in [6, 6.07) is 9.68. The molecule has 0 fully saturated rings. The molecule has 1 aromatic carbocycles. The van der Waals surface area contributed by atoms with Crippen LogP contribution in [0.25, 0.3) is 10.9 Å². The summed E-state index contributed by atoms with van der Waals surface area (Å²) in [5.41, 5.74) is 2.19. The molecule has 0 aliphatic rings. The van der Waals surface area contributed by atoms with Crippen LogP contribution in [0.4, 0.5) is 5.82 Å². The zero-order chi connectivity index (χ0) is 16.2. The number of carbonyl (C=O) groups excluding carboxylic acids is 1. The van der Waals surface area contributed by atoms with Gasteiger partial charge in [0.2, 0.25) is 5.91 Å². The van der Waals surface area contributed by atoms with Crippen molar-refractivity contribution in [1.82, 2.24) is 19.6 Å². The van der Waals surface area contributed by atoms with Crippen molar-refractivity contribution < 1.29 is 4.79 Å². The molecule has 0 bridgehead atoms. The SMILES string of the molecule is Cc1cccc2c1cnn2CCC(=O)Nc1ccn(CC#N)n1. The maximum Gasteiger partial charge on any atom is 0.227 e. The minimum Gasteiger partial charge on any atom is -0.309 e. The number of aryl methyl sites for hydroxylation is 2. The summed E-state index contributed by atoms with van der Waals surface area (Å²) in [4.78, 5) is 12.0. The molecule has 0 unspecified atom stereocenters. The van der Waals surface area contributed by atoms with Gasteiger partial charge in [-0.15, -0.1) is 0 Å². The fourth-order valence-electron chi connectivity index (χ4n) is 2.43. The van der Waals surface area contributed by atoms with E-state index in [0.29, 0.717) is 18.8 Å². The van der Waals surface area contributed by atoms with Crippen LogP contribution in [0.15, 0.2) is 36.7 Å². The zero-order valence-electron chi connectivity index (χ0n) is 12.7. The molecule has 0 saturated carbocycles. The minimum absolute atomic E-state index is 0.136. The van der Waals surface area contributed by atoms with E-state index in [1.165, 1.54) is 10.2 Å². The van der Waals surface area contributed by atoms with E-state index in [0.717, 1.165) is 10.9 Å². The lowest BCUT2D eigenvalue weighted by Gasteiger charge is -2.04. The summed E-state index contributed by atoms with van der Waals surface area (Å²) in [6.45, 7) is 2.70. The highest BCUT2D eigenvalue weighted by Gasteiger charge is 2.08. The number of benzene rings is 1. The van der Waals surface area contributed by atoms with E-state index in [4.69, 9.17) is 5.26 Å². The first-order valence-corrected chi connectivity index (χ1v) is 7.29. The number of nitriles is 1. The van der Waals surface area contributed by atoms with Crippen LogP contribution in [0.5, 0.6) is 0 Å². The molecule has 23 heavy (non-hydrogen) atoms. The van der Waals surface area contributed by atoms with Gasteiger partial charge in [-0.05, 0) is 18.6 Å². The Morgan fingerprint density at radius 2 is 2.26 bits per heavy atom. The van der Waals surface area contributed by atoms with Gasteiger partial charge in [0.1, 0.15) is 6.54 Å². The number of carbonyl (C=O) groups is 1. The van der Waals surface area contributed by atoms with Gasteiger partial charge in [-0.25, -0.2) is 0 Å². The van der Waals surface area contributed by atoms with Crippen LogP contribution in [0.3, 0.4) is 0 Å². The smallest absolute Gasteiger partial charge is 0.227 e. The van der Waals surface area contributed by atoms with Crippen molar-refractivity contribution in [3.63, 3.8) is 0 Å². The van der Waals surface area contributed by atoms with Crippen molar-refractivity contribution in [2.24, 2.45) is 0 Å². The summed E-state index contributed by atoms with van der Waals surface area (Å²) >= 11 is 0. The monoisotopic (exact) mass is 308 g/mol. The number of anilines is 1. The molecule has 1 amide bonds. The highest BCUT2D eigenvalue weighted by Crippen LogP contribution is 2.17. The summed E-state index contributed by atoms with van der Waals surface area (Å²) in [5, 5.41) is 20.9. The third-order valence-corrected chi connectivity index (χ3v) is 3.60. The van der Waals surface area contributed by atoms with Crippen LogP contribution in [0, 0.1) is 18.3 Å². The molecule has 0 aliphatic carbocycles. The van der Waals surface area contributed by atoms with Gasteiger partial charge < -0.3 is 5.32 Å². The molecule has 116 valence electrons. The predicted octanol–water partition coefficient (Wildman–Crippen LogP) is 2.09. The molecular formula is C16H16N6O. The van der Waals surface area contributed by atoms with Gasteiger partial charge in [0.05, 0.1) is 24.3 Å². The molecule has 0 saturated heterocycles. The van der Waals surface area contributed by atoms with Gasteiger partial charge in [-0.2, -0.15) is 15.5 Å². The van der Waals surface area contributed by atoms with Gasteiger partial charge >= 0.3 is 0 Å². The van der Waals surface area contributed by atoms with Gasteiger partial charge in [0, 0.05) is 24.1 Å². The first-order chi connectivity index (χ1) is 11.2. The molecule has 7 nitrogen and oxygen atoms in total. The van der Waals surface area contributed by atoms with Gasteiger partial charge in [0.15, 0.2) is 5.82 Å². The van der Waals surface area contributed by atoms with Crippen molar-refractivity contribution in [3.8, 4) is 6.07 Å². The standard InChI is InChI=1S/C16H16N6O/c1-12-3-2-4-14-13(12)11-18-22(14)9-6-16(23)19-15-5-8-21(20-15)10-7-17/h2-5,8,11H,6,9-10H2,1H3,(H,19,20,23). The predicted molar refractivity (Wildman–Crippen MR) is 85.6 cm³/mol. The first kappa shape index (κ1) is 14.8. The lowest BCUT2D eigenvalue weighted by Crippen LogP contribution is -2.15. The van der Waals surface area contributed by atoms with Gasteiger partial charge in [-0.3, -0.25) is 14.2 Å². The molecule has 1 N–H and O–H groups in total. The Kier molecular flexibility index (Phi) is 4.06. The van der Waals surface area contributed by atoms with E-state index in [1.54, 1.807) is 12.3 Å². The number of nitrogens with one attached hydrogen (secondary N) is 1. The number of amides is 1. The number of nitrogens with zero attached hydrogens (tertiary/aromatic N) is 5. The zero-order valence-corrected chi connectivity index (χ0v) is 12.7. The summed E-state index contributed by atoms with van der Waals surface area (Å²) in [6.07, 6.45) is 3.78. The van der Waals surface area contributed by atoms with E-state index in [-0.39, 0.29) is 12.5 Å². The number of rotatable bonds is 5. The fourth-order valence-corrected chi connectivity index (χ4v) is 2.43. The summed E-state index contributed by atoms with van der Waals surface area (Å²) < 4.78 is 3.30. The van der Waals surface area contributed by atoms with Crippen LogP contribution in [0.2, 0.25) is 0 Å². The Hall–Kier alpha value is -3.14. The average Bonchev–Trinajstić information content (AvgIpc) is 3.13. The highest BCUT2D eigenvalue weighted by molar-refractivity contribution is 5.89. The van der Waals surface area contributed by atoms with E-state index in [2.05, 4.69) is 15.5 Å². The third kappa shape index (κ3) is 3.21. The summed E-state index contributed by atoms with van der Waals surface area (Å²) in [7, 11) is 0. The number of aromatic nitrogens is 4. The van der Waals surface area contributed by atoms with Crippen molar-refractivity contribution in [2.45, 2.75) is 26.4 Å². The number of hydrogen-bond donors (Lipinski definition) is 1. The normalized spacial score (nSPS) is 10.6. The second-order valence-electron chi connectivity index (χ2n) is 5.23. The maximum absolute atomic E-state index is 12.0. The Bertz CT molecular complexity index is 885. The van der Waals surface area contributed by atoms with Crippen molar-refractivity contribution in [1.29, 1.82) is 5.26 Å². The van der Waals surface area contributed by atoms with Crippen LogP contribution < -0.4 is 5.32 Å². The fraction of sp³-hybridized carbons (Fsp3) is 0.250. The van der Waals surface area contributed by atoms with Crippen LogP contribution in [0.1, 0.15) is 12.0 Å². The molecule has 0 atom stereocenters. The quantitative estimate of drug-likeness (QED) is 0.781. The first-order valence-electron chi connectivity index (χ1n) is 7.29. The molecule has 2 heterocycles. The highest BCUT2D eigenvalue weighted by atomic mass is 16.1. The van der Waals surface area contributed by atoms with Crippen molar-refractivity contribution >= 4 is 22.6 Å². The molecular weight excluding hydrogens is 292 g/mol. The van der Waals surface area contributed by atoms with Crippen molar-refractivity contribution in [2.75, 3.05) is 5.32 Å². The van der Waals surface area contributed by atoms with Gasteiger partial charge in [0.25, 0.3) is 0 Å². The van der Waals surface area contributed by atoms with Crippen LogP contribution in [-0.2, 0) is 17.9 Å². The molecule has 7 heteroatoms. The largest absolute Gasteiger partial charge is 0.309 e. The van der Waals surface area contributed by atoms with Crippen LogP contribution >= 0.6 is 0 Å².